The Kier molecular flexibility index (Phi) is 4.67. The smallest absolute Gasteiger partial charge is 0.220 e. The van der Waals surface area contributed by atoms with Crippen LogP contribution in [0.25, 0.3) is 10.9 Å². The van der Waals surface area contributed by atoms with Crippen LogP contribution in [0.2, 0.25) is 5.02 Å². The molecule has 3 aromatic rings. The number of carbonyl (C=O) groups excluding carboxylic acids is 1. The monoisotopic (exact) mass is 340 g/mol. The molecular formula is C19H17ClN2O2. The van der Waals surface area contributed by atoms with Gasteiger partial charge in [-0.05, 0) is 23.8 Å². The molecule has 0 fully saturated rings. The number of rotatable bonds is 4. The van der Waals surface area contributed by atoms with Crippen molar-refractivity contribution in [1.29, 1.82) is 0 Å². The lowest BCUT2D eigenvalue weighted by Gasteiger charge is -2.21. The maximum absolute atomic E-state index is 12.0. The van der Waals surface area contributed by atoms with Gasteiger partial charge in [0.2, 0.25) is 5.91 Å². The molecule has 1 atom stereocenters. The minimum atomic E-state index is -0.471. The normalized spacial score (nSPS) is 12.1. The lowest BCUT2D eigenvalue weighted by atomic mass is 9.96. The van der Waals surface area contributed by atoms with Crippen LogP contribution >= 0.6 is 11.6 Å². The molecule has 1 unspecified atom stereocenters. The first-order valence-electron chi connectivity index (χ1n) is 7.71. The fourth-order valence-corrected chi connectivity index (χ4v) is 2.76. The molecule has 0 aliphatic rings. The number of halogens is 1. The Labute approximate surface area is 145 Å². The second-order valence-electron chi connectivity index (χ2n) is 5.48. The summed E-state index contributed by atoms with van der Waals surface area (Å²) in [6.45, 7) is 1.79. The number of aromatic hydroxyl groups is 1. The van der Waals surface area contributed by atoms with Crippen molar-refractivity contribution < 1.29 is 9.90 Å². The summed E-state index contributed by atoms with van der Waals surface area (Å²) in [5.41, 5.74) is 1.96. The van der Waals surface area contributed by atoms with E-state index in [1.807, 2.05) is 36.4 Å². The van der Waals surface area contributed by atoms with Crippen molar-refractivity contribution in [3.63, 3.8) is 0 Å². The van der Waals surface area contributed by atoms with Crippen molar-refractivity contribution >= 4 is 28.4 Å². The van der Waals surface area contributed by atoms with Crippen molar-refractivity contribution in [2.45, 2.75) is 19.4 Å². The molecule has 0 spiro atoms. The minimum absolute atomic E-state index is 0.0736. The Morgan fingerprint density at radius 2 is 1.96 bits per heavy atom. The van der Waals surface area contributed by atoms with E-state index >= 15 is 0 Å². The van der Waals surface area contributed by atoms with Crippen LogP contribution < -0.4 is 5.32 Å². The second-order valence-corrected chi connectivity index (χ2v) is 5.92. The summed E-state index contributed by atoms with van der Waals surface area (Å²) in [5.74, 6) is -0.0279. The number of nitrogens with zero attached hydrogens (tertiary/aromatic N) is 1. The maximum Gasteiger partial charge on any atom is 0.220 e. The fraction of sp³-hybridized carbons (Fsp3) is 0.158. The van der Waals surface area contributed by atoms with Crippen LogP contribution in [-0.2, 0) is 4.79 Å². The number of hydrogen-bond donors (Lipinski definition) is 2. The predicted octanol–water partition coefficient (Wildman–Crippen LogP) is 4.21. The van der Waals surface area contributed by atoms with E-state index in [4.69, 9.17) is 11.6 Å². The average molecular weight is 341 g/mol. The van der Waals surface area contributed by atoms with E-state index in [1.165, 1.54) is 0 Å². The number of carbonyl (C=O) groups is 1. The molecule has 0 saturated carbocycles. The number of nitrogens with one attached hydrogen (secondary N) is 1. The molecule has 1 amide bonds. The summed E-state index contributed by atoms with van der Waals surface area (Å²) < 4.78 is 0. The van der Waals surface area contributed by atoms with Crippen molar-refractivity contribution in [3.05, 3.63) is 70.9 Å². The summed E-state index contributed by atoms with van der Waals surface area (Å²) >= 11 is 5.96. The number of phenolic OH excluding ortho intramolecular Hbond substituents is 1. The van der Waals surface area contributed by atoms with E-state index in [0.717, 1.165) is 10.9 Å². The lowest BCUT2D eigenvalue weighted by Crippen LogP contribution is -2.28. The fourth-order valence-electron chi connectivity index (χ4n) is 2.64. The molecular weight excluding hydrogens is 324 g/mol. The molecule has 3 rings (SSSR count). The van der Waals surface area contributed by atoms with Crippen LogP contribution in [-0.4, -0.2) is 16.0 Å². The summed E-state index contributed by atoms with van der Waals surface area (Å²) in [5, 5.41) is 15.1. The van der Waals surface area contributed by atoms with Gasteiger partial charge in [0.25, 0.3) is 0 Å². The van der Waals surface area contributed by atoms with Gasteiger partial charge in [-0.25, -0.2) is 0 Å². The van der Waals surface area contributed by atoms with E-state index in [2.05, 4.69) is 10.3 Å². The van der Waals surface area contributed by atoms with Gasteiger partial charge >= 0.3 is 0 Å². The molecule has 2 N–H and O–H groups in total. The minimum Gasteiger partial charge on any atom is -0.505 e. The number of phenols is 1. The highest BCUT2D eigenvalue weighted by Gasteiger charge is 2.21. The Balaban J connectivity index is 2.12. The molecule has 24 heavy (non-hydrogen) atoms. The zero-order chi connectivity index (χ0) is 17.1. The first-order valence-corrected chi connectivity index (χ1v) is 8.09. The van der Waals surface area contributed by atoms with Crippen LogP contribution in [0, 0.1) is 0 Å². The van der Waals surface area contributed by atoms with Crippen LogP contribution in [0.4, 0.5) is 0 Å². The number of hydrogen-bond acceptors (Lipinski definition) is 3. The molecule has 2 aromatic carbocycles. The van der Waals surface area contributed by atoms with Crippen molar-refractivity contribution in [1.82, 2.24) is 10.3 Å². The van der Waals surface area contributed by atoms with Gasteiger partial charge in [-0.1, -0.05) is 48.9 Å². The van der Waals surface area contributed by atoms with Crippen LogP contribution in [0.15, 0.2) is 54.7 Å². The van der Waals surface area contributed by atoms with Crippen LogP contribution in [0.1, 0.15) is 30.5 Å². The van der Waals surface area contributed by atoms with Crippen LogP contribution in [0.5, 0.6) is 5.75 Å². The highest BCUT2D eigenvalue weighted by atomic mass is 35.5. The highest BCUT2D eigenvalue weighted by molar-refractivity contribution is 6.30. The predicted molar refractivity (Wildman–Crippen MR) is 95.1 cm³/mol. The Hall–Kier alpha value is -2.59. The van der Waals surface area contributed by atoms with E-state index in [0.29, 0.717) is 22.5 Å². The van der Waals surface area contributed by atoms with Gasteiger partial charge in [-0.2, -0.15) is 0 Å². The molecule has 0 saturated heterocycles. The van der Waals surface area contributed by atoms with Gasteiger partial charge in [0.1, 0.15) is 11.3 Å². The van der Waals surface area contributed by atoms with Gasteiger partial charge in [-0.15, -0.1) is 0 Å². The number of pyridine rings is 1. The highest BCUT2D eigenvalue weighted by Crippen LogP contribution is 2.34. The SMILES string of the molecule is CCC(=O)NC(c1ccc(Cl)cc1)c1ccc2cccnc2c1O. The first-order chi connectivity index (χ1) is 11.6. The Morgan fingerprint density at radius 3 is 2.67 bits per heavy atom. The summed E-state index contributed by atoms with van der Waals surface area (Å²) in [6.07, 6.45) is 1.99. The van der Waals surface area contributed by atoms with Crippen molar-refractivity contribution in [2.24, 2.45) is 0 Å². The molecule has 1 aromatic heterocycles. The number of amides is 1. The second kappa shape index (κ2) is 6.89. The molecule has 4 nitrogen and oxygen atoms in total. The topological polar surface area (TPSA) is 62.2 Å². The maximum atomic E-state index is 12.0. The number of aromatic nitrogens is 1. The molecule has 1 heterocycles. The largest absolute Gasteiger partial charge is 0.505 e. The molecule has 0 aliphatic carbocycles. The number of benzene rings is 2. The van der Waals surface area contributed by atoms with E-state index in [9.17, 15) is 9.90 Å². The van der Waals surface area contributed by atoms with Crippen LogP contribution in [0.3, 0.4) is 0 Å². The Morgan fingerprint density at radius 1 is 1.21 bits per heavy atom. The third-order valence-corrected chi connectivity index (χ3v) is 4.17. The third-order valence-electron chi connectivity index (χ3n) is 3.92. The van der Waals surface area contributed by atoms with E-state index in [1.54, 1.807) is 25.3 Å². The summed E-state index contributed by atoms with van der Waals surface area (Å²) in [7, 11) is 0. The third kappa shape index (κ3) is 3.19. The van der Waals surface area contributed by atoms with Gasteiger partial charge in [-0.3, -0.25) is 9.78 Å². The lowest BCUT2D eigenvalue weighted by molar-refractivity contribution is -0.121. The van der Waals surface area contributed by atoms with Gasteiger partial charge < -0.3 is 10.4 Å². The standard InChI is InChI=1S/C19H17ClN2O2/c1-2-16(23)22-17(13-5-8-14(20)9-6-13)15-10-7-12-4-3-11-21-18(12)19(15)24/h3-11,17,24H,2H2,1H3,(H,22,23). The van der Waals surface area contributed by atoms with E-state index in [-0.39, 0.29) is 11.7 Å². The molecule has 0 aliphatic heterocycles. The Bertz CT molecular complexity index is 878. The average Bonchev–Trinajstić information content (AvgIpc) is 2.61. The molecule has 0 radical (unpaired) electrons. The molecule has 122 valence electrons. The van der Waals surface area contributed by atoms with Gasteiger partial charge in [0, 0.05) is 28.6 Å². The first kappa shape index (κ1) is 16.3. The van der Waals surface area contributed by atoms with Gasteiger partial charge in [0.15, 0.2) is 0 Å². The summed E-state index contributed by atoms with van der Waals surface area (Å²) in [4.78, 5) is 16.2. The molecule has 0 bridgehead atoms. The zero-order valence-electron chi connectivity index (χ0n) is 13.2. The quantitative estimate of drug-likeness (QED) is 0.747. The zero-order valence-corrected chi connectivity index (χ0v) is 13.9. The van der Waals surface area contributed by atoms with Crippen molar-refractivity contribution in [2.75, 3.05) is 0 Å². The number of fused-ring (bicyclic) bond motifs is 1. The van der Waals surface area contributed by atoms with Gasteiger partial charge in [0.05, 0.1) is 6.04 Å². The van der Waals surface area contributed by atoms with E-state index < -0.39 is 6.04 Å². The summed E-state index contributed by atoms with van der Waals surface area (Å²) in [6, 6.07) is 14.1. The molecule has 5 heteroatoms. The van der Waals surface area contributed by atoms with Crippen molar-refractivity contribution in [3.8, 4) is 5.75 Å².